The van der Waals surface area contributed by atoms with Gasteiger partial charge in [-0.05, 0) is 6.42 Å². The molecule has 0 heterocycles. The van der Waals surface area contributed by atoms with E-state index in [9.17, 15) is 22.8 Å². The lowest BCUT2D eigenvalue weighted by Gasteiger charge is -2.24. The molecule has 124 valence electrons. The van der Waals surface area contributed by atoms with Gasteiger partial charge in [-0.25, -0.2) is 4.79 Å². The number of nitrogens with one attached hydrogen (secondary N) is 1. The first-order valence-electron chi connectivity index (χ1n) is 6.45. The van der Waals surface area contributed by atoms with Crippen LogP contribution in [0.15, 0.2) is 0 Å². The number of carboxylic acids is 1. The Morgan fingerprint density at radius 2 is 1.95 bits per heavy atom. The SMILES string of the molecule is CCC(COCC(F)(F)F)NC(=O)N(C)CC(C)C(=O)O. The average Bonchev–Trinajstić information content (AvgIpc) is 2.35. The van der Waals surface area contributed by atoms with E-state index in [1.165, 1.54) is 18.9 Å². The summed E-state index contributed by atoms with van der Waals surface area (Å²) in [7, 11) is 1.41. The number of carbonyl (C=O) groups is 2. The van der Waals surface area contributed by atoms with E-state index in [2.05, 4.69) is 10.1 Å². The zero-order chi connectivity index (χ0) is 16.6. The first-order valence-corrected chi connectivity index (χ1v) is 6.45. The van der Waals surface area contributed by atoms with Crippen LogP contribution in [-0.4, -0.2) is 61.0 Å². The average molecular weight is 314 g/mol. The Hall–Kier alpha value is -1.51. The minimum absolute atomic E-state index is 0.00100. The number of halogens is 3. The number of urea groups is 1. The van der Waals surface area contributed by atoms with Crippen molar-refractivity contribution in [1.29, 1.82) is 0 Å². The first kappa shape index (κ1) is 19.5. The number of aliphatic carboxylic acids is 1. The zero-order valence-electron chi connectivity index (χ0n) is 12.2. The van der Waals surface area contributed by atoms with Gasteiger partial charge in [0.1, 0.15) is 6.61 Å². The Bertz CT molecular complexity index is 350. The number of ether oxygens (including phenoxy) is 1. The van der Waals surface area contributed by atoms with Crippen molar-refractivity contribution in [1.82, 2.24) is 10.2 Å². The molecule has 0 aromatic rings. The highest BCUT2D eigenvalue weighted by Gasteiger charge is 2.28. The van der Waals surface area contributed by atoms with E-state index in [4.69, 9.17) is 5.11 Å². The molecule has 0 rings (SSSR count). The lowest BCUT2D eigenvalue weighted by Crippen LogP contribution is -2.46. The van der Waals surface area contributed by atoms with Crippen LogP contribution in [-0.2, 0) is 9.53 Å². The standard InChI is InChI=1S/C12H21F3N2O4/c1-4-9(6-21-7-12(13,14)15)16-11(20)17(3)5-8(2)10(18)19/h8-9H,4-7H2,1-3H3,(H,16,20)(H,18,19). The molecule has 0 saturated carbocycles. The van der Waals surface area contributed by atoms with Gasteiger partial charge in [0, 0.05) is 13.6 Å². The molecular weight excluding hydrogens is 293 g/mol. The molecule has 0 aliphatic carbocycles. The van der Waals surface area contributed by atoms with Crippen LogP contribution in [0.2, 0.25) is 0 Å². The van der Waals surface area contributed by atoms with Crippen molar-refractivity contribution in [3.05, 3.63) is 0 Å². The van der Waals surface area contributed by atoms with Crippen molar-refractivity contribution in [3.63, 3.8) is 0 Å². The molecule has 21 heavy (non-hydrogen) atoms. The molecule has 0 radical (unpaired) electrons. The molecule has 0 saturated heterocycles. The Morgan fingerprint density at radius 3 is 2.38 bits per heavy atom. The summed E-state index contributed by atoms with van der Waals surface area (Å²) in [6.07, 6.45) is -4.01. The molecule has 0 spiro atoms. The minimum Gasteiger partial charge on any atom is -0.481 e. The molecule has 0 aliphatic rings. The molecular formula is C12H21F3N2O4. The summed E-state index contributed by atoms with van der Waals surface area (Å²) >= 11 is 0. The van der Waals surface area contributed by atoms with Gasteiger partial charge < -0.3 is 20.1 Å². The third-order valence-corrected chi connectivity index (χ3v) is 2.72. The fourth-order valence-corrected chi connectivity index (χ4v) is 1.44. The van der Waals surface area contributed by atoms with Gasteiger partial charge in [-0.1, -0.05) is 13.8 Å². The second-order valence-electron chi connectivity index (χ2n) is 4.80. The van der Waals surface area contributed by atoms with Crippen LogP contribution in [0.1, 0.15) is 20.3 Å². The summed E-state index contributed by atoms with van der Waals surface area (Å²) in [6, 6.07) is -1.12. The summed E-state index contributed by atoms with van der Waals surface area (Å²) in [5.41, 5.74) is 0. The highest BCUT2D eigenvalue weighted by atomic mass is 19.4. The van der Waals surface area contributed by atoms with Gasteiger partial charge in [0.15, 0.2) is 0 Å². The van der Waals surface area contributed by atoms with Gasteiger partial charge in [-0.2, -0.15) is 13.2 Å². The molecule has 2 atom stereocenters. The fourth-order valence-electron chi connectivity index (χ4n) is 1.44. The molecule has 0 aliphatic heterocycles. The van der Waals surface area contributed by atoms with Gasteiger partial charge in [0.05, 0.1) is 18.6 Å². The maximum absolute atomic E-state index is 11.9. The number of nitrogens with zero attached hydrogens (tertiary/aromatic N) is 1. The van der Waals surface area contributed by atoms with Gasteiger partial charge in [-0.3, -0.25) is 4.79 Å². The quantitative estimate of drug-likeness (QED) is 0.715. The van der Waals surface area contributed by atoms with Crippen LogP contribution in [0.4, 0.5) is 18.0 Å². The van der Waals surface area contributed by atoms with Crippen molar-refractivity contribution < 1.29 is 32.6 Å². The molecule has 0 aromatic carbocycles. The summed E-state index contributed by atoms with van der Waals surface area (Å²) in [4.78, 5) is 23.6. The van der Waals surface area contributed by atoms with Gasteiger partial charge in [0.25, 0.3) is 0 Å². The predicted molar refractivity (Wildman–Crippen MR) is 68.9 cm³/mol. The van der Waals surface area contributed by atoms with Gasteiger partial charge in [-0.15, -0.1) is 0 Å². The van der Waals surface area contributed by atoms with Crippen LogP contribution in [0, 0.1) is 5.92 Å². The molecule has 2 unspecified atom stereocenters. The molecule has 2 N–H and O–H groups in total. The Labute approximate surface area is 121 Å². The fraction of sp³-hybridized carbons (Fsp3) is 0.833. The van der Waals surface area contributed by atoms with Crippen molar-refractivity contribution in [2.24, 2.45) is 5.92 Å². The van der Waals surface area contributed by atoms with Gasteiger partial charge >= 0.3 is 18.2 Å². The van der Waals surface area contributed by atoms with Gasteiger partial charge in [0.2, 0.25) is 0 Å². The van der Waals surface area contributed by atoms with Crippen molar-refractivity contribution >= 4 is 12.0 Å². The normalized spacial score (nSPS) is 14.4. The van der Waals surface area contributed by atoms with E-state index < -0.39 is 36.7 Å². The van der Waals surface area contributed by atoms with E-state index >= 15 is 0 Å². The summed E-state index contributed by atoms with van der Waals surface area (Å²) < 4.78 is 40.3. The lowest BCUT2D eigenvalue weighted by atomic mass is 10.2. The summed E-state index contributed by atoms with van der Waals surface area (Å²) in [5, 5.41) is 11.2. The van der Waals surface area contributed by atoms with Crippen molar-refractivity contribution in [2.75, 3.05) is 26.8 Å². The van der Waals surface area contributed by atoms with Crippen LogP contribution in [0.3, 0.4) is 0 Å². The topological polar surface area (TPSA) is 78.9 Å². The highest BCUT2D eigenvalue weighted by Crippen LogP contribution is 2.14. The monoisotopic (exact) mass is 314 g/mol. The molecule has 9 heteroatoms. The Morgan fingerprint density at radius 1 is 1.38 bits per heavy atom. The number of hydrogen-bond donors (Lipinski definition) is 2. The molecule has 0 bridgehead atoms. The molecule has 0 fully saturated rings. The third-order valence-electron chi connectivity index (χ3n) is 2.72. The maximum Gasteiger partial charge on any atom is 0.411 e. The first-order chi connectivity index (χ1) is 9.56. The number of carbonyl (C=O) groups excluding carboxylic acids is 1. The minimum atomic E-state index is -4.41. The number of amides is 2. The lowest BCUT2D eigenvalue weighted by molar-refractivity contribution is -0.175. The second kappa shape index (κ2) is 8.71. The largest absolute Gasteiger partial charge is 0.481 e. The molecule has 6 nitrogen and oxygen atoms in total. The van der Waals surface area contributed by atoms with E-state index in [0.717, 1.165) is 0 Å². The summed E-state index contributed by atoms with van der Waals surface area (Å²) in [6.45, 7) is 1.52. The predicted octanol–water partition coefficient (Wildman–Crippen LogP) is 1.71. The van der Waals surface area contributed by atoms with Crippen LogP contribution in [0.25, 0.3) is 0 Å². The summed E-state index contributed by atoms with van der Waals surface area (Å²) in [5.74, 6) is -1.77. The van der Waals surface area contributed by atoms with E-state index in [1.807, 2.05) is 0 Å². The molecule has 0 aromatic heterocycles. The number of carboxylic acid groups (broad SMARTS) is 1. The number of rotatable bonds is 8. The van der Waals surface area contributed by atoms with E-state index in [0.29, 0.717) is 6.42 Å². The van der Waals surface area contributed by atoms with Crippen LogP contribution in [0.5, 0.6) is 0 Å². The zero-order valence-corrected chi connectivity index (χ0v) is 12.2. The van der Waals surface area contributed by atoms with Crippen molar-refractivity contribution in [3.8, 4) is 0 Å². The third kappa shape index (κ3) is 9.11. The van der Waals surface area contributed by atoms with E-state index in [-0.39, 0.29) is 13.2 Å². The number of hydrogen-bond acceptors (Lipinski definition) is 3. The Kier molecular flexibility index (Phi) is 8.08. The maximum atomic E-state index is 11.9. The van der Waals surface area contributed by atoms with Crippen molar-refractivity contribution in [2.45, 2.75) is 32.5 Å². The second-order valence-corrected chi connectivity index (χ2v) is 4.80. The van der Waals surface area contributed by atoms with E-state index in [1.54, 1.807) is 6.92 Å². The number of alkyl halides is 3. The van der Waals surface area contributed by atoms with Crippen LogP contribution >= 0.6 is 0 Å². The highest BCUT2D eigenvalue weighted by molar-refractivity contribution is 5.75. The molecule has 2 amide bonds. The Balaban J connectivity index is 4.22. The van der Waals surface area contributed by atoms with Crippen LogP contribution < -0.4 is 5.32 Å². The smallest absolute Gasteiger partial charge is 0.411 e.